The Labute approximate surface area is 96.2 Å². The minimum atomic E-state index is 0.387. The molecule has 3 heteroatoms. The number of piperidine rings is 1. The lowest BCUT2D eigenvalue weighted by atomic mass is 9.96. The zero-order chi connectivity index (χ0) is 11.3. The van der Waals surface area contributed by atoms with Crippen LogP contribution in [0.2, 0.25) is 0 Å². The van der Waals surface area contributed by atoms with Crippen molar-refractivity contribution in [2.45, 2.75) is 20.3 Å². The van der Waals surface area contributed by atoms with Gasteiger partial charge in [-0.25, -0.2) is 0 Å². The fraction of sp³-hybridized carbons (Fsp3) is 0.692. The van der Waals surface area contributed by atoms with Crippen molar-refractivity contribution in [3.05, 3.63) is 11.3 Å². The molecule has 2 heterocycles. The van der Waals surface area contributed by atoms with Gasteiger partial charge in [0.1, 0.15) is 5.70 Å². The van der Waals surface area contributed by atoms with Crippen molar-refractivity contribution in [1.29, 1.82) is 0 Å². The lowest BCUT2D eigenvalue weighted by Gasteiger charge is -2.22. The molecule has 3 aliphatic rings. The molecule has 1 saturated carbocycles. The molecule has 1 saturated heterocycles. The maximum absolute atomic E-state index is 10.8. The largest absolute Gasteiger partial charge is 0.302 e. The van der Waals surface area contributed by atoms with E-state index in [1.807, 2.05) is 13.8 Å². The van der Waals surface area contributed by atoms with Crippen molar-refractivity contribution in [2.24, 2.45) is 22.7 Å². The molecule has 2 unspecified atom stereocenters. The van der Waals surface area contributed by atoms with Crippen molar-refractivity contribution in [3.63, 3.8) is 0 Å². The summed E-state index contributed by atoms with van der Waals surface area (Å²) in [5.41, 5.74) is 2.93. The quantitative estimate of drug-likeness (QED) is 0.672. The van der Waals surface area contributed by atoms with Gasteiger partial charge in [-0.1, -0.05) is 0 Å². The zero-order valence-electron chi connectivity index (χ0n) is 9.94. The second-order valence-electron chi connectivity index (χ2n) is 5.47. The Kier molecular flexibility index (Phi) is 2.25. The molecular weight excluding hydrogens is 200 g/mol. The first kappa shape index (κ1) is 10.2. The van der Waals surface area contributed by atoms with E-state index in [-0.39, 0.29) is 0 Å². The van der Waals surface area contributed by atoms with Crippen LogP contribution >= 0.6 is 0 Å². The number of rotatable bonds is 3. The predicted molar refractivity (Wildman–Crippen MR) is 63.4 cm³/mol. The van der Waals surface area contributed by atoms with E-state index >= 15 is 0 Å². The van der Waals surface area contributed by atoms with Crippen LogP contribution in [0, 0.1) is 17.8 Å². The van der Waals surface area contributed by atoms with E-state index < -0.39 is 0 Å². The Hall–Kier alpha value is -0.960. The van der Waals surface area contributed by atoms with Gasteiger partial charge in [0.05, 0.1) is 0 Å². The van der Waals surface area contributed by atoms with Gasteiger partial charge in [-0.3, -0.25) is 9.79 Å². The lowest BCUT2D eigenvalue weighted by molar-refractivity contribution is -0.105. The minimum Gasteiger partial charge on any atom is -0.302 e. The van der Waals surface area contributed by atoms with Crippen molar-refractivity contribution in [1.82, 2.24) is 4.90 Å². The average Bonchev–Trinajstić information content (AvgIpc) is 2.79. The highest BCUT2D eigenvalue weighted by molar-refractivity contribution is 5.96. The normalized spacial score (nSPS) is 37.6. The highest BCUT2D eigenvalue weighted by atomic mass is 16.1. The van der Waals surface area contributed by atoms with Gasteiger partial charge in [0.2, 0.25) is 0 Å². The van der Waals surface area contributed by atoms with Crippen LogP contribution in [0.4, 0.5) is 0 Å². The first-order chi connectivity index (χ1) is 7.69. The highest BCUT2D eigenvalue weighted by Crippen LogP contribution is 2.45. The average molecular weight is 218 g/mol. The second kappa shape index (κ2) is 3.52. The molecule has 0 aromatic carbocycles. The van der Waals surface area contributed by atoms with Crippen molar-refractivity contribution in [2.75, 3.05) is 19.6 Å². The van der Waals surface area contributed by atoms with E-state index in [0.29, 0.717) is 11.6 Å². The third kappa shape index (κ3) is 1.54. The monoisotopic (exact) mass is 218 g/mol. The van der Waals surface area contributed by atoms with Crippen LogP contribution in [0.3, 0.4) is 0 Å². The first-order valence-electron chi connectivity index (χ1n) is 6.12. The number of nitrogens with zero attached hydrogens (tertiary/aromatic N) is 2. The van der Waals surface area contributed by atoms with Crippen LogP contribution in [-0.2, 0) is 4.79 Å². The molecule has 0 N–H and O–H groups in total. The van der Waals surface area contributed by atoms with Gasteiger partial charge >= 0.3 is 0 Å². The van der Waals surface area contributed by atoms with Gasteiger partial charge in [0, 0.05) is 31.3 Å². The maximum Gasteiger partial charge on any atom is 0.168 e. The summed E-state index contributed by atoms with van der Waals surface area (Å²) in [6.07, 6.45) is 2.34. The van der Waals surface area contributed by atoms with E-state index in [2.05, 4.69) is 9.89 Å². The van der Waals surface area contributed by atoms with Crippen LogP contribution in [0.1, 0.15) is 20.3 Å². The number of hydrogen-bond acceptors (Lipinski definition) is 3. The fourth-order valence-corrected chi connectivity index (χ4v) is 3.14. The summed E-state index contributed by atoms with van der Waals surface area (Å²) in [7, 11) is 0. The Bertz CT molecular complexity index is 387. The summed E-state index contributed by atoms with van der Waals surface area (Å²) < 4.78 is 0. The first-order valence-corrected chi connectivity index (χ1v) is 6.12. The Morgan fingerprint density at radius 1 is 1.38 bits per heavy atom. The Morgan fingerprint density at radius 3 is 2.62 bits per heavy atom. The molecule has 86 valence electrons. The van der Waals surface area contributed by atoms with Crippen LogP contribution in [0.25, 0.3) is 0 Å². The number of likely N-dealkylation sites (tertiary alicyclic amines) is 1. The lowest BCUT2D eigenvalue weighted by Crippen LogP contribution is -2.31. The molecule has 1 aliphatic carbocycles. The summed E-state index contributed by atoms with van der Waals surface area (Å²) in [6.45, 7) is 7.68. The van der Waals surface area contributed by atoms with E-state index in [1.165, 1.54) is 19.5 Å². The molecule has 0 aromatic rings. The van der Waals surface area contributed by atoms with Gasteiger partial charge in [-0.2, -0.15) is 0 Å². The van der Waals surface area contributed by atoms with E-state index in [0.717, 1.165) is 36.0 Å². The Morgan fingerprint density at radius 2 is 2.06 bits per heavy atom. The number of hydrogen-bond donors (Lipinski definition) is 0. The van der Waals surface area contributed by atoms with Crippen molar-refractivity contribution < 1.29 is 4.79 Å². The van der Waals surface area contributed by atoms with Crippen LogP contribution < -0.4 is 0 Å². The van der Waals surface area contributed by atoms with E-state index in [9.17, 15) is 4.79 Å². The molecular formula is C13H18N2O. The molecule has 2 aliphatic heterocycles. The van der Waals surface area contributed by atoms with Gasteiger partial charge in [0.25, 0.3) is 0 Å². The summed E-state index contributed by atoms with van der Waals surface area (Å²) >= 11 is 0. The number of fused-ring (bicyclic) bond motifs is 1. The molecule has 3 atom stereocenters. The third-order valence-corrected chi connectivity index (χ3v) is 4.33. The van der Waals surface area contributed by atoms with Gasteiger partial charge in [-0.05, 0) is 37.7 Å². The predicted octanol–water partition coefficient (Wildman–Crippen LogP) is 1.50. The molecule has 2 fully saturated rings. The van der Waals surface area contributed by atoms with Gasteiger partial charge in [-0.15, -0.1) is 0 Å². The van der Waals surface area contributed by atoms with Crippen molar-refractivity contribution in [3.8, 4) is 0 Å². The Balaban J connectivity index is 1.68. The number of aldehydes is 1. The van der Waals surface area contributed by atoms with Crippen molar-refractivity contribution >= 4 is 12.0 Å². The van der Waals surface area contributed by atoms with Gasteiger partial charge in [0.15, 0.2) is 6.29 Å². The smallest absolute Gasteiger partial charge is 0.168 e. The summed E-state index contributed by atoms with van der Waals surface area (Å²) in [6, 6.07) is 0. The molecule has 0 radical (unpaired) electrons. The molecule has 3 rings (SSSR count). The number of carbonyl (C=O) groups excluding carboxylic acids is 1. The molecule has 0 aromatic heterocycles. The number of carbonyl (C=O) groups is 1. The summed E-state index contributed by atoms with van der Waals surface area (Å²) in [5.74, 6) is 2.35. The molecule has 3 nitrogen and oxygen atoms in total. The third-order valence-electron chi connectivity index (χ3n) is 4.33. The van der Waals surface area contributed by atoms with E-state index in [1.54, 1.807) is 0 Å². The number of aliphatic imine (C=N–C) groups is 1. The SMILES string of the molecule is CC1=NC(C=O)=C(C)C1CN1CC2C[C@@H]2C1. The van der Waals surface area contributed by atoms with Gasteiger partial charge < -0.3 is 4.90 Å². The van der Waals surface area contributed by atoms with Crippen LogP contribution in [-0.4, -0.2) is 36.5 Å². The highest BCUT2D eigenvalue weighted by Gasteiger charge is 2.45. The van der Waals surface area contributed by atoms with E-state index in [4.69, 9.17) is 0 Å². The topological polar surface area (TPSA) is 32.7 Å². The molecule has 16 heavy (non-hydrogen) atoms. The fourth-order valence-electron chi connectivity index (χ4n) is 3.14. The zero-order valence-corrected chi connectivity index (χ0v) is 9.94. The standard InChI is InChI=1S/C13H18N2O/c1-8-12(9(2)14-13(8)7-16)6-15-4-10-3-11(10)5-15/h7,10-12H,3-6H2,1-2H3/t10-,11?,12?/m1/s1. The summed E-state index contributed by atoms with van der Waals surface area (Å²) in [4.78, 5) is 17.7. The number of allylic oxidation sites excluding steroid dienone is 1. The van der Waals surface area contributed by atoms with Crippen LogP contribution in [0.5, 0.6) is 0 Å². The molecule has 0 bridgehead atoms. The molecule has 0 spiro atoms. The maximum atomic E-state index is 10.8. The second-order valence-corrected chi connectivity index (χ2v) is 5.47. The summed E-state index contributed by atoms with van der Waals surface area (Å²) in [5, 5.41) is 0. The minimum absolute atomic E-state index is 0.387. The molecule has 0 amide bonds. The van der Waals surface area contributed by atoms with Crippen LogP contribution in [0.15, 0.2) is 16.3 Å².